The Hall–Kier alpha value is -1.48. The van der Waals surface area contributed by atoms with Crippen molar-refractivity contribution in [2.75, 3.05) is 7.11 Å². The molecule has 0 bridgehead atoms. The maximum atomic E-state index is 5.93. The van der Waals surface area contributed by atoms with Gasteiger partial charge in [-0.1, -0.05) is 18.6 Å². The predicted octanol–water partition coefficient (Wildman–Crippen LogP) is 3.64. The average Bonchev–Trinajstić information content (AvgIpc) is 2.77. The molecule has 0 aliphatic heterocycles. The Bertz CT molecular complexity index is 542. The number of hydrogen-bond donors (Lipinski definition) is 1. The second-order valence-electron chi connectivity index (χ2n) is 5.04. The van der Waals surface area contributed by atoms with E-state index in [1.807, 2.05) is 12.1 Å². The van der Waals surface area contributed by atoms with E-state index in [9.17, 15) is 0 Å². The summed E-state index contributed by atoms with van der Waals surface area (Å²) in [5.74, 6) is 1.79. The summed E-state index contributed by atoms with van der Waals surface area (Å²) >= 11 is 0. The van der Waals surface area contributed by atoms with Crippen molar-refractivity contribution < 1.29 is 9.15 Å². The molecule has 1 aliphatic carbocycles. The molecule has 1 fully saturated rings. The highest BCUT2D eigenvalue weighted by Crippen LogP contribution is 2.31. The van der Waals surface area contributed by atoms with E-state index in [4.69, 9.17) is 9.15 Å². The number of nitrogens with one attached hydrogen (secondary N) is 1. The Morgan fingerprint density at radius 3 is 2.89 bits per heavy atom. The number of fused-ring (bicyclic) bond motifs is 1. The van der Waals surface area contributed by atoms with Gasteiger partial charge in [-0.3, -0.25) is 0 Å². The molecule has 18 heavy (non-hydrogen) atoms. The Morgan fingerprint density at radius 2 is 2.22 bits per heavy atom. The molecule has 2 aromatic rings. The molecule has 1 saturated carbocycles. The van der Waals surface area contributed by atoms with E-state index in [-0.39, 0.29) is 6.04 Å². The highest BCUT2D eigenvalue weighted by Gasteiger charge is 2.21. The topological polar surface area (TPSA) is 34.4 Å². The van der Waals surface area contributed by atoms with Gasteiger partial charge in [-0.15, -0.1) is 0 Å². The highest BCUT2D eigenvalue weighted by molar-refractivity contribution is 5.83. The number of ether oxygens (including phenoxy) is 1. The summed E-state index contributed by atoms with van der Waals surface area (Å²) in [6.45, 7) is 2.16. The fraction of sp³-hybridized carbons (Fsp3) is 0.467. The second kappa shape index (κ2) is 4.65. The molecule has 1 aromatic carbocycles. The zero-order chi connectivity index (χ0) is 12.5. The van der Waals surface area contributed by atoms with E-state index in [0.717, 1.165) is 22.5 Å². The SMILES string of the molecule is COc1cccc2cc(C(C)NC3CCC3)oc12. The Kier molecular flexibility index (Phi) is 3.00. The van der Waals surface area contributed by atoms with Crippen LogP contribution in [0, 0.1) is 0 Å². The quantitative estimate of drug-likeness (QED) is 0.893. The van der Waals surface area contributed by atoms with Gasteiger partial charge in [0.25, 0.3) is 0 Å². The van der Waals surface area contributed by atoms with Gasteiger partial charge < -0.3 is 14.5 Å². The summed E-state index contributed by atoms with van der Waals surface area (Å²) in [5, 5.41) is 4.70. The molecule has 3 nitrogen and oxygen atoms in total. The molecule has 1 N–H and O–H groups in total. The smallest absolute Gasteiger partial charge is 0.176 e. The van der Waals surface area contributed by atoms with Gasteiger partial charge in [-0.25, -0.2) is 0 Å². The first-order chi connectivity index (χ1) is 8.78. The van der Waals surface area contributed by atoms with Crippen molar-refractivity contribution in [2.24, 2.45) is 0 Å². The van der Waals surface area contributed by atoms with E-state index < -0.39 is 0 Å². The number of rotatable bonds is 4. The first-order valence-electron chi connectivity index (χ1n) is 6.60. The third-order valence-corrected chi connectivity index (χ3v) is 3.76. The third-order valence-electron chi connectivity index (χ3n) is 3.76. The van der Waals surface area contributed by atoms with Crippen LogP contribution in [0.1, 0.15) is 38.0 Å². The average molecular weight is 245 g/mol. The zero-order valence-electron chi connectivity index (χ0n) is 10.9. The summed E-state index contributed by atoms with van der Waals surface area (Å²) in [4.78, 5) is 0. The molecule has 1 aromatic heterocycles. The lowest BCUT2D eigenvalue weighted by Gasteiger charge is -2.29. The van der Waals surface area contributed by atoms with Gasteiger partial charge in [0.05, 0.1) is 13.2 Å². The molecular formula is C15H19NO2. The number of para-hydroxylation sites is 1. The van der Waals surface area contributed by atoms with Crippen molar-refractivity contribution in [3.63, 3.8) is 0 Å². The molecule has 1 atom stereocenters. The lowest BCUT2D eigenvalue weighted by atomic mass is 9.92. The highest BCUT2D eigenvalue weighted by atomic mass is 16.5. The van der Waals surface area contributed by atoms with Crippen LogP contribution < -0.4 is 10.1 Å². The molecule has 3 heteroatoms. The molecule has 0 saturated heterocycles. The van der Waals surface area contributed by atoms with Gasteiger partial charge in [0.2, 0.25) is 0 Å². The van der Waals surface area contributed by atoms with Gasteiger partial charge in [0.1, 0.15) is 5.76 Å². The van der Waals surface area contributed by atoms with Crippen molar-refractivity contribution in [1.29, 1.82) is 0 Å². The summed E-state index contributed by atoms with van der Waals surface area (Å²) in [7, 11) is 1.67. The van der Waals surface area contributed by atoms with Gasteiger partial charge in [-0.2, -0.15) is 0 Å². The number of hydrogen-bond acceptors (Lipinski definition) is 3. The van der Waals surface area contributed by atoms with Crippen LogP contribution in [0.25, 0.3) is 11.0 Å². The molecular weight excluding hydrogens is 226 g/mol. The summed E-state index contributed by atoms with van der Waals surface area (Å²) in [5.41, 5.74) is 0.845. The Labute approximate surface area is 107 Å². The van der Waals surface area contributed by atoms with Crippen LogP contribution in [-0.2, 0) is 0 Å². The first-order valence-corrected chi connectivity index (χ1v) is 6.60. The summed E-state index contributed by atoms with van der Waals surface area (Å²) < 4.78 is 11.3. The predicted molar refractivity (Wildman–Crippen MR) is 72.0 cm³/mol. The fourth-order valence-electron chi connectivity index (χ4n) is 2.44. The maximum absolute atomic E-state index is 5.93. The number of benzene rings is 1. The van der Waals surface area contributed by atoms with E-state index in [2.05, 4.69) is 24.4 Å². The van der Waals surface area contributed by atoms with Crippen LogP contribution in [-0.4, -0.2) is 13.2 Å². The van der Waals surface area contributed by atoms with Gasteiger partial charge in [0, 0.05) is 11.4 Å². The van der Waals surface area contributed by atoms with Crippen LogP contribution in [0.4, 0.5) is 0 Å². The lowest BCUT2D eigenvalue weighted by molar-refractivity contribution is 0.296. The molecule has 0 radical (unpaired) electrons. The Balaban J connectivity index is 1.87. The molecule has 1 heterocycles. The van der Waals surface area contributed by atoms with Crippen LogP contribution >= 0.6 is 0 Å². The largest absolute Gasteiger partial charge is 0.493 e. The first kappa shape index (κ1) is 11.6. The van der Waals surface area contributed by atoms with Crippen molar-refractivity contribution in [1.82, 2.24) is 5.32 Å². The fourth-order valence-corrected chi connectivity index (χ4v) is 2.44. The van der Waals surface area contributed by atoms with Crippen LogP contribution in [0.15, 0.2) is 28.7 Å². The van der Waals surface area contributed by atoms with Gasteiger partial charge in [0.15, 0.2) is 11.3 Å². The standard InChI is InChI=1S/C15H19NO2/c1-10(16-12-6-4-7-12)14-9-11-5-3-8-13(17-2)15(11)18-14/h3,5,8-10,12,16H,4,6-7H2,1-2H3. The minimum absolute atomic E-state index is 0.257. The molecule has 0 spiro atoms. The monoisotopic (exact) mass is 245 g/mol. The van der Waals surface area contributed by atoms with Crippen molar-refractivity contribution in [3.8, 4) is 5.75 Å². The van der Waals surface area contributed by atoms with Crippen LogP contribution in [0.3, 0.4) is 0 Å². The van der Waals surface area contributed by atoms with Crippen molar-refractivity contribution >= 4 is 11.0 Å². The van der Waals surface area contributed by atoms with Gasteiger partial charge in [-0.05, 0) is 31.9 Å². The zero-order valence-corrected chi connectivity index (χ0v) is 10.9. The van der Waals surface area contributed by atoms with E-state index in [0.29, 0.717) is 6.04 Å². The minimum atomic E-state index is 0.257. The molecule has 1 aliphatic rings. The van der Waals surface area contributed by atoms with Crippen LogP contribution in [0.5, 0.6) is 5.75 Å². The molecule has 96 valence electrons. The maximum Gasteiger partial charge on any atom is 0.176 e. The molecule has 1 unspecified atom stereocenters. The van der Waals surface area contributed by atoms with E-state index in [1.165, 1.54) is 19.3 Å². The molecule has 0 amide bonds. The minimum Gasteiger partial charge on any atom is -0.493 e. The van der Waals surface area contributed by atoms with E-state index >= 15 is 0 Å². The van der Waals surface area contributed by atoms with Gasteiger partial charge >= 0.3 is 0 Å². The summed E-state index contributed by atoms with van der Waals surface area (Å²) in [6, 6.07) is 9.00. The van der Waals surface area contributed by atoms with Crippen molar-refractivity contribution in [3.05, 3.63) is 30.0 Å². The lowest BCUT2D eigenvalue weighted by Crippen LogP contribution is -2.36. The third kappa shape index (κ3) is 1.99. The second-order valence-corrected chi connectivity index (χ2v) is 5.04. The van der Waals surface area contributed by atoms with Crippen molar-refractivity contribution in [2.45, 2.75) is 38.3 Å². The van der Waals surface area contributed by atoms with Crippen LogP contribution in [0.2, 0.25) is 0 Å². The summed E-state index contributed by atoms with van der Waals surface area (Å²) in [6.07, 6.45) is 3.92. The number of furan rings is 1. The Morgan fingerprint density at radius 1 is 1.39 bits per heavy atom. The molecule has 3 rings (SSSR count). The normalized spacial score (nSPS) is 17.7. The number of methoxy groups -OCH3 is 1. The van der Waals surface area contributed by atoms with E-state index in [1.54, 1.807) is 7.11 Å².